The number of amides is 2. The number of aliphatic carboxylic acids is 1. The summed E-state index contributed by atoms with van der Waals surface area (Å²) in [6.07, 6.45) is 0.329. The smallest absolute Gasteiger partial charge is 0.408 e. The number of likely N-dealkylation sites (tertiary alicyclic amines) is 1. The molecule has 8 heteroatoms. The van der Waals surface area contributed by atoms with Gasteiger partial charge >= 0.3 is 12.1 Å². The minimum atomic E-state index is -1.03. The average molecular weight is 350 g/mol. The van der Waals surface area contributed by atoms with Gasteiger partial charge in [-0.3, -0.25) is 4.79 Å². The maximum atomic E-state index is 12.3. The number of ether oxygens (including phenoxy) is 2. The Labute approximate surface area is 145 Å². The lowest BCUT2D eigenvalue weighted by Crippen LogP contribution is -2.50. The van der Waals surface area contributed by atoms with Crippen LogP contribution in [0.5, 0.6) is 5.75 Å². The van der Waals surface area contributed by atoms with Crippen molar-refractivity contribution in [3.8, 4) is 5.75 Å². The number of carboxylic acid groups (broad SMARTS) is 1. The number of nitrogens with one attached hydrogen (secondary N) is 1. The van der Waals surface area contributed by atoms with Crippen LogP contribution in [-0.2, 0) is 20.9 Å². The molecular weight excluding hydrogens is 328 g/mol. The zero-order valence-electron chi connectivity index (χ0n) is 14.2. The van der Waals surface area contributed by atoms with E-state index in [1.807, 2.05) is 0 Å². The number of hydrogen-bond acceptors (Lipinski definition) is 5. The van der Waals surface area contributed by atoms with E-state index in [0.29, 0.717) is 25.1 Å². The van der Waals surface area contributed by atoms with Gasteiger partial charge in [0, 0.05) is 6.54 Å². The molecule has 1 heterocycles. The summed E-state index contributed by atoms with van der Waals surface area (Å²) in [5.74, 6) is -0.752. The first-order valence-electron chi connectivity index (χ1n) is 8.02. The summed E-state index contributed by atoms with van der Waals surface area (Å²) < 4.78 is 10.1. The summed E-state index contributed by atoms with van der Waals surface area (Å²) in [7, 11) is 1.56. The molecule has 1 aliphatic rings. The van der Waals surface area contributed by atoms with Gasteiger partial charge in [0.15, 0.2) is 0 Å². The van der Waals surface area contributed by atoms with Gasteiger partial charge in [0.1, 0.15) is 24.4 Å². The normalized spacial score (nSPS) is 17.7. The molecule has 2 N–H and O–H groups in total. The molecule has 2 atom stereocenters. The van der Waals surface area contributed by atoms with Crippen molar-refractivity contribution in [3.63, 3.8) is 0 Å². The lowest BCUT2D eigenvalue weighted by molar-refractivity contribution is -0.148. The molecule has 0 unspecified atom stereocenters. The minimum absolute atomic E-state index is 0.0538. The monoisotopic (exact) mass is 350 g/mol. The van der Waals surface area contributed by atoms with Crippen molar-refractivity contribution in [2.45, 2.75) is 38.5 Å². The zero-order chi connectivity index (χ0) is 18.4. The van der Waals surface area contributed by atoms with Crippen LogP contribution in [-0.4, -0.2) is 53.7 Å². The molecule has 2 amide bonds. The number of carbonyl (C=O) groups excluding carboxylic acids is 2. The van der Waals surface area contributed by atoms with Gasteiger partial charge in [-0.1, -0.05) is 12.1 Å². The number of methoxy groups -OCH3 is 1. The number of carboxylic acids is 1. The molecule has 25 heavy (non-hydrogen) atoms. The van der Waals surface area contributed by atoms with E-state index < -0.39 is 30.1 Å². The minimum Gasteiger partial charge on any atom is -0.497 e. The number of carbonyl (C=O) groups is 3. The number of nitrogens with zero attached hydrogens (tertiary/aromatic N) is 1. The topological polar surface area (TPSA) is 105 Å². The van der Waals surface area contributed by atoms with Gasteiger partial charge in [-0.15, -0.1) is 0 Å². The van der Waals surface area contributed by atoms with Gasteiger partial charge in [0.25, 0.3) is 0 Å². The Morgan fingerprint density at radius 3 is 2.60 bits per heavy atom. The van der Waals surface area contributed by atoms with E-state index in [-0.39, 0.29) is 6.61 Å². The summed E-state index contributed by atoms with van der Waals surface area (Å²) in [6.45, 7) is 1.94. The number of hydrogen-bond donors (Lipinski definition) is 2. The second kappa shape index (κ2) is 8.36. The summed E-state index contributed by atoms with van der Waals surface area (Å²) in [5, 5.41) is 11.6. The fourth-order valence-corrected chi connectivity index (χ4v) is 2.69. The molecule has 0 spiro atoms. The molecule has 1 aromatic rings. The Hall–Kier alpha value is -2.77. The van der Waals surface area contributed by atoms with Crippen LogP contribution in [0, 0.1) is 0 Å². The highest BCUT2D eigenvalue weighted by Gasteiger charge is 2.36. The average Bonchev–Trinajstić information content (AvgIpc) is 3.09. The molecule has 136 valence electrons. The fraction of sp³-hybridized carbons (Fsp3) is 0.471. The molecular formula is C17H22N2O6. The molecule has 2 rings (SSSR count). The fourth-order valence-electron chi connectivity index (χ4n) is 2.69. The molecule has 8 nitrogen and oxygen atoms in total. The number of benzene rings is 1. The van der Waals surface area contributed by atoms with Crippen molar-refractivity contribution in [2.75, 3.05) is 13.7 Å². The molecule has 1 aliphatic heterocycles. The second-order valence-corrected chi connectivity index (χ2v) is 5.82. The van der Waals surface area contributed by atoms with Crippen molar-refractivity contribution >= 4 is 18.0 Å². The molecule has 0 radical (unpaired) electrons. The molecule has 1 fully saturated rings. The Kier molecular flexibility index (Phi) is 6.21. The van der Waals surface area contributed by atoms with E-state index in [0.717, 1.165) is 5.56 Å². The molecule has 1 aromatic carbocycles. The summed E-state index contributed by atoms with van der Waals surface area (Å²) in [4.78, 5) is 36.6. The van der Waals surface area contributed by atoms with Crippen LogP contribution in [0.25, 0.3) is 0 Å². The van der Waals surface area contributed by atoms with Crippen LogP contribution in [0.2, 0.25) is 0 Å². The number of alkyl carbamates (subject to hydrolysis) is 1. The van der Waals surface area contributed by atoms with Gasteiger partial charge in [-0.05, 0) is 37.5 Å². The molecule has 0 aliphatic carbocycles. The maximum absolute atomic E-state index is 12.3. The van der Waals surface area contributed by atoms with Crippen LogP contribution in [0.1, 0.15) is 25.3 Å². The third-order valence-corrected chi connectivity index (χ3v) is 4.05. The third kappa shape index (κ3) is 4.85. The molecule has 0 saturated carbocycles. The van der Waals surface area contributed by atoms with E-state index in [9.17, 15) is 14.4 Å². The highest BCUT2D eigenvalue weighted by Crippen LogP contribution is 2.18. The first-order valence-corrected chi connectivity index (χ1v) is 8.02. The molecule has 0 aromatic heterocycles. The van der Waals surface area contributed by atoms with Crippen LogP contribution >= 0.6 is 0 Å². The predicted molar refractivity (Wildman–Crippen MR) is 88.1 cm³/mol. The molecule has 1 saturated heterocycles. The highest BCUT2D eigenvalue weighted by molar-refractivity contribution is 5.89. The largest absolute Gasteiger partial charge is 0.497 e. The lowest BCUT2D eigenvalue weighted by Gasteiger charge is -2.25. The summed E-state index contributed by atoms with van der Waals surface area (Å²) in [6, 6.07) is 5.35. The highest BCUT2D eigenvalue weighted by atomic mass is 16.5. The maximum Gasteiger partial charge on any atom is 0.408 e. The van der Waals surface area contributed by atoms with Crippen molar-refractivity contribution in [3.05, 3.63) is 29.8 Å². The van der Waals surface area contributed by atoms with Gasteiger partial charge in [-0.2, -0.15) is 0 Å². The summed E-state index contributed by atoms with van der Waals surface area (Å²) in [5.41, 5.74) is 0.778. The van der Waals surface area contributed by atoms with Gasteiger partial charge in [0.05, 0.1) is 7.11 Å². The Bertz CT molecular complexity index is 631. The third-order valence-electron chi connectivity index (χ3n) is 4.05. The quantitative estimate of drug-likeness (QED) is 0.803. The van der Waals surface area contributed by atoms with E-state index in [1.54, 1.807) is 31.4 Å². The standard InChI is InChI=1S/C17H22N2O6/c1-11(15(20)19-9-3-4-14(19)16(21)22)18-17(23)25-10-12-5-7-13(24-2)8-6-12/h5-8,11,14H,3-4,9-10H2,1-2H3,(H,18,23)(H,21,22)/t11-,14-/m0/s1. The van der Waals surface area contributed by atoms with Gasteiger partial charge in [-0.25, -0.2) is 9.59 Å². The van der Waals surface area contributed by atoms with Crippen LogP contribution in [0.15, 0.2) is 24.3 Å². The first kappa shape index (κ1) is 18.6. The van der Waals surface area contributed by atoms with Crippen LogP contribution < -0.4 is 10.1 Å². The zero-order valence-corrected chi connectivity index (χ0v) is 14.2. The first-order chi connectivity index (χ1) is 11.9. The van der Waals surface area contributed by atoms with E-state index >= 15 is 0 Å². The van der Waals surface area contributed by atoms with Crippen molar-refractivity contribution in [2.24, 2.45) is 0 Å². The van der Waals surface area contributed by atoms with Crippen molar-refractivity contribution < 1.29 is 29.0 Å². The summed E-state index contributed by atoms with van der Waals surface area (Å²) >= 11 is 0. The lowest BCUT2D eigenvalue weighted by atomic mass is 10.2. The van der Waals surface area contributed by atoms with E-state index in [2.05, 4.69) is 5.32 Å². The predicted octanol–water partition coefficient (Wildman–Crippen LogP) is 1.39. The van der Waals surface area contributed by atoms with Crippen molar-refractivity contribution in [1.29, 1.82) is 0 Å². The Morgan fingerprint density at radius 1 is 1.32 bits per heavy atom. The van der Waals surface area contributed by atoms with Crippen LogP contribution in [0.4, 0.5) is 4.79 Å². The SMILES string of the molecule is COc1ccc(COC(=O)N[C@@H](C)C(=O)N2CCC[C@H]2C(=O)O)cc1. The van der Waals surface area contributed by atoms with Gasteiger partial charge in [0.2, 0.25) is 5.91 Å². The second-order valence-electron chi connectivity index (χ2n) is 5.82. The molecule has 0 bridgehead atoms. The Morgan fingerprint density at radius 2 is 2.00 bits per heavy atom. The van der Waals surface area contributed by atoms with Crippen molar-refractivity contribution in [1.82, 2.24) is 10.2 Å². The van der Waals surface area contributed by atoms with Gasteiger partial charge < -0.3 is 24.8 Å². The van der Waals surface area contributed by atoms with E-state index in [4.69, 9.17) is 14.6 Å². The number of rotatable bonds is 6. The van der Waals surface area contributed by atoms with Crippen LogP contribution in [0.3, 0.4) is 0 Å². The van der Waals surface area contributed by atoms with E-state index in [1.165, 1.54) is 11.8 Å². The Balaban J connectivity index is 1.82.